The molecule has 0 saturated heterocycles. The molecular formula is C52H49BBrF8N10O10P2S2. The van der Waals surface area contributed by atoms with E-state index >= 15 is 4.39 Å². The number of ether oxygens (including phenoxy) is 2. The largest absolute Gasteiger partial charge is 0.569 e. The fourth-order valence-electron chi connectivity index (χ4n) is 8.70. The molecule has 20 nitrogen and oxygen atoms in total. The van der Waals surface area contributed by atoms with Gasteiger partial charge in [0, 0.05) is 92.6 Å². The van der Waals surface area contributed by atoms with Gasteiger partial charge in [-0.2, -0.15) is 81.8 Å². The Labute approximate surface area is 501 Å². The molecular weight excluding hydrogens is 1290 g/mol. The third kappa shape index (κ3) is 15.9. The monoisotopic (exact) mass is 1340 g/mol. The van der Waals surface area contributed by atoms with Crippen molar-refractivity contribution in [3.05, 3.63) is 204 Å². The highest BCUT2D eigenvalue weighted by Crippen LogP contribution is 2.37. The molecule has 0 aliphatic carbocycles. The molecule has 8 aromatic rings. The van der Waals surface area contributed by atoms with Crippen molar-refractivity contribution in [2.45, 2.75) is 38.3 Å². The van der Waals surface area contributed by atoms with Gasteiger partial charge in [0.25, 0.3) is 11.1 Å². The number of methoxy groups -OCH3 is 2. The molecule has 10 rings (SSSR count). The van der Waals surface area contributed by atoms with Crippen LogP contribution in [0.2, 0.25) is 0 Å². The lowest BCUT2D eigenvalue weighted by atomic mass is 10.0. The smallest absolute Gasteiger partial charge is 0.537 e. The minimum Gasteiger partial charge on any atom is -0.537 e. The number of hydrogen-bond donors (Lipinski definition) is 3. The zero-order chi connectivity index (χ0) is 60.7. The molecule has 0 saturated carbocycles. The van der Waals surface area contributed by atoms with E-state index in [1.807, 2.05) is 0 Å². The maximum atomic E-state index is 15.4. The van der Waals surface area contributed by atoms with E-state index in [1.54, 1.807) is 12.1 Å². The van der Waals surface area contributed by atoms with Gasteiger partial charge in [0.05, 0.1) is 41.2 Å². The molecule has 0 spiro atoms. The Morgan fingerprint density at radius 1 is 0.605 bits per heavy atom. The lowest BCUT2D eigenvalue weighted by Gasteiger charge is -2.30. The molecule has 6 heterocycles. The first kappa shape index (κ1) is 67.7. The van der Waals surface area contributed by atoms with Gasteiger partial charge < -0.3 is 19.2 Å². The van der Waals surface area contributed by atoms with E-state index in [2.05, 4.69) is 50.4 Å². The van der Waals surface area contributed by atoms with Crippen LogP contribution in [0, 0.1) is 11.6 Å². The first-order valence-corrected chi connectivity index (χ1v) is 28.0. The molecule has 1 radical (unpaired) electrons. The average Bonchev–Trinajstić information content (AvgIpc) is 0.818. The van der Waals surface area contributed by atoms with Crippen LogP contribution >= 0.6 is 35.7 Å². The van der Waals surface area contributed by atoms with Gasteiger partial charge in [-0.25, -0.2) is 8.78 Å². The van der Waals surface area contributed by atoms with Crippen LogP contribution in [-0.4, -0.2) is 95.0 Å². The van der Waals surface area contributed by atoms with Crippen LogP contribution in [0.3, 0.4) is 0 Å². The van der Waals surface area contributed by atoms with Gasteiger partial charge in [-0.1, -0.05) is 24.3 Å². The minimum atomic E-state index is -4.53. The van der Waals surface area contributed by atoms with Crippen LogP contribution in [-0.2, 0) is 58.7 Å². The predicted octanol–water partition coefficient (Wildman–Crippen LogP) is 8.16. The van der Waals surface area contributed by atoms with Crippen LogP contribution in [0.4, 0.5) is 46.8 Å². The summed E-state index contributed by atoms with van der Waals surface area (Å²) in [5.41, 5.74) is 0.227. The number of fused-ring (bicyclic) bond motifs is 2. The highest BCUT2D eigenvalue weighted by molar-refractivity contribution is 9.10. The number of rotatable bonds is 13. The summed E-state index contributed by atoms with van der Waals surface area (Å²) in [7, 11) is -4.73. The van der Waals surface area contributed by atoms with Gasteiger partial charge in [-0.15, -0.1) is 10.2 Å². The average molecular weight is 1340 g/mol. The lowest BCUT2D eigenvalue weighted by Crippen LogP contribution is -2.41. The second-order valence-electron chi connectivity index (χ2n) is 17.8. The molecule has 34 heteroatoms. The highest BCUT2D eigenvalue weighted by Gasteiger charge is 2.34. The van der Waals surface area contributed by atoms with Crippen LogP contribution in [0.25, 0.3) is 22.5 Å². The first-order valence-electron chi connectivity index (χ1n) is 24.3. The molecule has 0 amide bonds. The number of pyridine rings is 2. The SMILES string of the molecule is COc1cc(-c2ccc(C(F)(F)F)cc2)c(F)cc1-n1c2c(ccc1=O)CN(S(=O)(=O)Nc1cccnn1)CC2.COc1cc(Br)c(F)cc1-n1c2c(ccc1=O)CN(S(=O)(=O)Nc1cccnn1)CC2.O[B]Oc1ccc(C(F)(F)F)cc1.P.P. The summed E-state index contributed by atoms with van der Waals surface area (Å²) in [6, 6.07) is 24.8. The van der Waals surface area contributed by atoms with Gasteiger partial charge in [0.2, 0.25) is 0 Å². The predicted molar refractivity (Wildman–Crippen MR) is 315 cm³/mol. The van der Waals surface area contributed by atoms with E-state index in [9.17, 15) is 57.2 Å². The van der Waals surface area contributed by atoms with Gasteiger partial charge >= 0.3 is 40.5 Å². The van der Waals surface area contributed by atoms with Crippen molar-refractivity contribution in [1.82, 2.24) is 38.1 Å². The fraction of sp³-hybridized carbons (Fsp3) is 0.192. The fourth-order valence-corrected chi connectivity index (χ4v) is 11.3. The number of aromatic nitrogens is 6. The van der Waals surface area contributed by atoms with E-state index in [0.29, 0.717) is 35.9 Å². The van der Waals surface area contributed by atoms with Gasteiger partial charge in [0.15, 0.2) is 11.6 Å². The summed E-state index contributed by atoms with van der Waals surface area (Å²) >= 11 is 3.11. The quantitative estimate of drug-likeness (QED) is 0.0561. The van der Waals surface area contributed by atoms with Crippen molar-refractivity contribution in [3.8, 4) is 39.8 Å². The molecule has 0 bridgehead atoms. The van der Waals surface area contributed by atoms with Crippen molar-refractivity contribution in [1.29, 1.82) is 0 Å². The summed E-state index contributed by atoms with van der Waals surface area (Å²) < 4.78 is 181. The highest BCUT2D eigenvalue weighted by atomic mass is 79.9. The normalized spacial score (nSPS) is 13.3. The van der Waals surface area contributed by atoms with Gasteiger partial charge in [-0.3, -0.25) is 28.2 Å². The Hall–Kier alpha value is -7.44. The molecule has 86 heavy (non-hydrogen) atoms. The molecule has 2 aliphatic heterocycles. The van der Waals surface area contributed by atoms with E-state index in [-0.39, 0.29) is 114 Å². The summed E-state index contributed by atoms with van der Waals surface area (Å²) in [6.45, 7) is 0.0973. The van der Waals surface area contributed by atoms with E-state index in [4.69, 9.17) is 14.5 Å². The molecule has 3 N–H and O–H groups in total. The molecule has 2 aliphatic rings. The Morgan fingerprint density at radius 3 is 1.44 bits per heavy atom. The summed E-state index contributed by atoms with van der Waals surface area (Å²) in [6.07, 6.45) is -5.67. The van der Waals surface area contributed by atoms with Gasteiger partial charge in [-0.05, 0) is 105 Å². The number of benzene rings is 4. The molecule has 2 unspecified atom stereocenters. The van der Waals surface area contributed by atoms with Crippen LogP contribution < -0.4 is 34.7 Å². The first-order chi connectivity index (χ1) is 39.8. The minimum absolute atomic E-state index is 0. The second-order valence-corrected chi connectivity index (χ2v) is 22.0. The number of halogens is 9. The maximum Gasteiger partial charge on any atom is 0.569 e. The standard InChI is InChI=1S/C26H21F4N5O4S.C19H17BrFN5O4S.C7H5BF3O2.2H3P/c1-39-23-13-19(16-4-7-18(8-5-16)26(28,29)30)20(27)14-22(23)35-21-10-12-34(15-17(21)6-9-25(35)36)40(37,38)33-24-3-2-11-31-32-24;1-30-17-9-13(20)14(21)10-16(17)26-15-6-8-25(11-12(15)4-5-19(26)27)31(28,29)24-18-3-2-7-22-23-18;9-7(10,11)5-1-3-6(4-2-5)13-8-12;;/h2-9,11,13-14H,10,12,15H2,1H3,(H,32,33);2-5,7,9-10H,6,8,11H2,1H3,(H,23,24);1-4,12H;2*1H3. The Kier molecular flexibility index (Phi) is 22.3. The Morgan fingerprint density at radius 2 is 1.03 bits per heavy atom. The topological polar surface area (TPSA) is 242 Å². The molecule has 4 aromatic carbocycles. The summed E-state index contributed by atoms with van der Waals surface area (Å²) in [5, 5.41) is 22.9. The third-order valence-electron chi connectivity index (χ3n) is 12.6. The number of hydrogen-bond acceptors (Lipinski definition) is 14. The van der Waals surface area contributed by atoms with Crippen molar-refractivity contribution in [2.24, 2.45) is 0 Å². The van der Waals surface area contributed by atoms with E-state index in [0.717, 1.165) is 54.6 Å². The third-order valence-corrected chi connectivity index (χ3v) is 16.1. The van der Waals surface area contributed by atoms with Crippen molar-refractivity contribution < 1.29 is 71.1 Å². The Balaban J connectivity index is 0.000000228. The number of anilines is 2. The molecule has 455 valence electrons. The van der Waals surface area contributed by atoms with E-state index < -0.39 is 61.1 Å². The molecule has 2 atom stereocenters. The summed E-state index contributed by atoms with van der Waals surface area (Å²) in [5.74, 6) is -0.619. The summed E-state index contributed by atoms with van der Waals surface area (Å²) in [4.78, 5) is 25.7. The van der Waals surface area contributed by atoms with E-state index in [1.165, 1.54) is 99.0 Å². The number of nitrogens with zero attached hydrogens (tertiary/aromatic N) is 8. The van der Waals surface area contributed by atoms with Crippen LogP contribution in [0.15, 0.2) is 148 Å². The van der Waals surface area contributed by atoms with Crippen molar-refractivity contribution >= 4 is 75.5 Å². The number of alkyl halides is 6. The zero-order valence-electron chi connectivity index (χ0n) is 44.9. The van der Waals surface area contributed by atoms with Crippen molar-refractivity contribution in [2.75, 3.05) is 36.8 Å². The lowest BCUT2D eigenvalue weighted by molar-refractivity contribution is -0.138. The second kappa shape index (κ2) is 28.4. The zero-order valence-corrected chi connectivity index (χ0v) is 50.9. The van der Waals surface area contributed by atoms with Gasteiger partial charge in [0.1, 0.15) is 28.9 Å². The Bertz CT molecular complexity index is 4040. The molecule has 0 fully saturated rings. The van der Waals surface area contributed by atoms with Crippen LogP contribution in [0.1, 0.15) is 33.6 Å². The van der Waals surface area contributed by atoms with Crippen LogP contribution in [0.5, 0.6) is 17.2 Å². The van der Waals surface area contributed by atoms with Crippen molar-refractivity contribution in [3.63, 3.8) is 0 Å². The number of nitrogens with one attached hydrogen (secondary N) is 2. The maximum absolute atomic E-state index is 15.4. The molecule has 4 aromatic heterocycles.